The summed E-state index contributed by atoms with van der Waals surface area (Å²) in [5.41, 5.74) is 0.672. The summed E-state index contributed by atoms with van der Waals surface area (Å²) in [6, 6.07) is 9.23. The first kappa shape index (κ1) is 19.6. The average Bonchev–Trinajstić information content (AvgIpc) is 3.49. The van der Waals surface area contributed by atoms with Crippen LogP contribution in [0.15, 0.2) is 52.5 Å². The highest BCUT2D eigenvalue weighted by atomic mass is 35.5. The molecule has 0 aliphatic heterocycles. The first-order valence-electron chi connectivity index (χ1n) is 9.33. The third-order valence-corrected chi connectivity index (χ3v) is 5.68. The second-order valence-corrected chi connectivity index (χ2v) is 7.90. The zero-order chi connectivity index (χ0) is 20.2. The van der Waals surface area contributed by atoms with Crippen molar-refractivity contribution in [1.82, 2.24) is 14.9 Å². The average molecular weight is 431 g/mol. The molecule has 2 aromatic heterocycles. The maximum absolute atomic E-state index is 13.3. The maximum atomic E-state index is 13.3. The molecule has 4 rings (SSSR count). The Morgan fingerprint density at radius 1 is 1.21 bits per heavy atom. The van der Waals surface area contributed by atoms with E-state index in [1.54, 1.807) is 41.8 Å². The number of carbonyl (C=O) groups excluding carboxylic acids is 2. The van der Waals surface area contributed by atoms with Crippen LogP contribution in [0.1, 0.15) is 48.0 Å². The fourth-order valence-electron chi connectivity index (χ4n) is 3.54. The normalized spacial score (nSPS) is 15.2. The molecule has 1 aromatic carbocycles. The number of nitrogens with zero attached hydrogens (tertiary/aromatic N) is 3. The van der Waals surface area contributed by atoms with Crippen molar-refractivity contribution in [2.45, 2.75) is 37.8 Å². The van der Waals surface area contributed by atoms with Crippen molar-refractivity contribution in [1.29, 1.82) is 0 Å². The van der Waals surface area contributed by atoms with Gasteiger partial charge in [-0.2, -0.15) is 0 Å². The third-order valence-electron chi connectivity index (χ3n) is 4.92. The number of rotatable bonds is 6. The molecule has 1 saturated carbocycles. The van der Waals surface area contributed by atoms with Gasteiger partial charge in [-0.1, -0.05) is 28.9 Å². The van der Waals surface area contributed by atoms with E-state index in [0.29, 0.717) is 16.5 Å². The van der Waals surface area contributed by atoms with Crippen LogP contribution < -0.4 is 10.2 Å². The van der Waals surface area contributed by atoms with Crippen LogP contribution >= 0.6 is 23.1 Å². The highest BCUT2D eigenvalue weighted by Gasteiger charge is 2.37. The summed E-state index contributed by atoms with van der Waals surface area (Å²) < 4.78 is 9.34. The molecule has 1 aliphatic carbocycles. The van der Waals surface area contributed by atoms with Crippen molar-refractivity contribution in [3.63, 3.8) is 0 Å². The summed E-state index contributed by atoms with van der Waals surface area (Å²) >= 11 is 7.10. The molecule has 0 bridgehead atoms. The van der Waals surface area contributed by atoms with Gasteiger partial charge in [-0.25, -0.2) is 0 Å². The third kappa shape index (κ3) is 4.33. The van der Waals surface area contributed by atoms with E-state index in [-0.39, 0.29) is 17.6 Å². The Bertz CT molecular complexity index is 954. The Balaban J connectivity index is 1.75. The molecular formula is C20H19ClN4O3S. The number of halogens is 1. The van der Waals surface area contributed by atoms with E-state index in [0.717, 1.165) is 37.2 Å². The Hall–Kier alpha value is -2.71. The standard InChI is InChI=1S/C20H19ClN4O3S/c21-13-7-9-15(10-8-13)25(20(27)16-12-29-24-23-16)18(17-6-3-11-28-17)19(26)22-14-4-1-2-5-14/h3,6-12,14,18H,1-2,4-5H2,(H,22,26). The van der Waals surface area contributed by atoms with E-state index < -0.39 is 11.9 Å². The van der Waals surface area contributed by atoms with Crippen LogP contribution in [0.3, 0.4) is 0 Å². The highest BCUT2D eigenvalue weighted by Crippen LogP contribution is 2.31. The summed E-state index contributed by atoms with van der Waals surface area (Å²) in [6.45, 7) is 0. The molecule has 1 unspecified atom stereocenters. The molecule has 0 spiro atoms. The van der Waals surface area contributed by atoms with E-state index in [1.165, 1.54) is 11.2 Å². The maximum Gasteiger partial charge on any atom is 0.280 e. The van der Waals surface area contributed by atoms with Gasteiger partial charge < -0.3 is 9.73 Å². The number of anilines is 1. The number of nitrogens with one attached hydrogen (secondary N) is 1. The minimum absolute atomic E-state index is 0.100. The number of hydrogen-bond acceptors (Lipinski definition) is 6. The van der Waals surface area contributed by atoms with Crippen molar-refractivity contribution in [3.05, 3.63) is 64.5 Å². The molecule has 29 heavy (non-hydrogen) atoms. The number of amides is 2. The SMILES string of the molecule is O=C(NC1CCCC1)C(c1ccco1)N(C(=O)c1csnn1)c1ccc(Cl)cc1. The van der Waals surface area contributed by atoms with Gasteiger partial charge in [0.05, 0.1) is 6.26 Å². The van der Waals surface area contributed by atoms with Crippen LogP contribution in [0.25, 0.3) is 0 Å². The molecule has 9 heteroatoms. The van der Waals surface area contributed by atoms with Crippen LogP contribution in [0.4, 0.5) is 5.69 Å². The Labute approximate surface area is 176 Å². The Morgan fingerprint density at radius 3 is 2.59 bits per heavy atom. The van der Waals surface area contributed by atoms with Crippen molar-refractivity contribution in [3.8, 4) is 0 Å². The zero-order valence-corrected chi connectivity index (χ0v) is 17.0. The fraction of sp³-hybridized carbons (Fsp3) is 0.300. The van der Waals surface area contributed by atoms with Gasteiger partial charge in [0.25, 0.3) is 11.8 Å². The number of benzene rings is 1. The lowest BCUT2D eigenvalue weighted by Crippen LogP contribution is -2.46. The molecular weight excluding hydrogens is 412 g/mol. The lowest BCUT2D eigenvalue weighted by Gasteiger charge is -2.30. The van der Waals surface area contributed by atoms with E-state index in [4.69, 9.17) is 16.0 Å². The quantitative estimate of drug-likeness (QED) is 0.632. The number of hydrogen-bond donors (Lipinski definition) is 1. The van der Waals surface area contributed by atoms with Crippen molar-refractivity contribution in [2.75, 3.05) is 4.90 Å². The summed E-state index contributed by atoms with van der Waals surface area (Å²) in [4.78, 5) is 28.1. The Kier molecular flexibility index (Phi) is 5.92. The number of aromatic nitrogens is 2. The lowest BCUT2D eigenvalue weighted by molar-refractivity contribution is -0.123. The van der Waals surface area contributed by atoms with Gasteiger partial charge >= 0.3 is 0 Å². The first-order chi connectivity index (χ1) is 14.1. The first-order valence-corrected chi connectivity index (χ1v) is 10.5. The van der Waals surface area contributed by atoms with E-state index in [1.807, 2.05) is 0 Å². The molecule has 1 atom stereocenters. The second-order valence-electron chi connectivity index (χ2n) is 6.85. The fourth-order valence-corrected chi connectivity index (χ4v) is 4.09. The lowest BCUT2D eigenvalue weighted by atomic mass is 10.1. The topological polar surface area (TPSA) is 88.3 Å². The minimum atomic E-state index is -0.985. The van der Waals surface area contributed by atoms with E-state index in [9.17, 15) is 9.59 Å². The predicted molar refractivity (Wildman–Crippen MR) is 110 cm³/mol. The van der Waals surface area contributed by atoms with Gasteiger partial charge in [-0.05, 0) is 60.8 Å². The smallest absolute Gasteiger partial charge is 0.280 e. The zero-order valence-electron chi connectivity index (χ0n) is 15.5. The molecule has 1 aliphatic rings. The van der Waals surface area contributed by atoms with Gasteiger partial charge in [-0.3, -0.25) is 14.5 Å². The van der Waals surface area contributed by atoms with Crippen LogP contribution in [-0.2, 0) is 4.79 Å². The van der Waals surface area contributed by atoms with Gasteiger partial charge in [-0.15, -0.1) is 5.10 Å². The molecule has 1 fully saturated rings. The van der Waals surface area contributed by atoms with Crippen LogP contribution in [0, 0.1) is 0 Å². The minimum Gasteiger partial charge on any atom is -0.467 e. The van der Waals surface area contributed by atoms with Crippen molar-refractivity contribution >= 4 is 40.6 Å². The highest BCUT2D eigenvalue weighted by molar-refractivity contribution is 7.03. The molecule has 2 heterocycles. The van der Waals surface area contributed by atoms with E-state index in [2.05, 4.69) is 14.9 Å². The van der Waals surface area contributed by atoms with Gasteiger partial charge in [0.2, 0.25) is 0 Å². The summed E-state index contributed by atoms with van der Waals surface area (Å²) in [5.74, 6) is -0.366. The monoisotopic (exact) mass is 430 g/mol. The summed E-state index contributed by atoms with van der Waals surface area (Å²) in [7, 11) is 0. The Morgan fingerprint density at radius 2 is 1.97 bits per heavy atom. The van der Waals surface area contributed by atoms with Crippen LogP contribution in [0.5, 0.6) is 0 Å². The van der Waals surface area contributed by atoms with Crippen LogP contribution in [0.2, 0.25) is 5.02 Å². The van der Waals surface area contributed by atoms with Crippen molar-refractivity contribution < 1.29 is 14.0 Å². The molecule has 0 radical (unpaired) electrons. The number of furan rings is 1. The molecule has 3 aromatic rings. The molecule has 0 saturated heterocycles. The molecule has 1 N–H and O–H groups in total. The largest absolute Gasteiger partial charge is 0.467 e. The van der Waals surface area contributed by atoms with Gasteiger partial charge in [0.1, 0.15) is 5.76 Å². The van der Waals surface area contributed by atoms with Crippen LogP contribution in [-0.4, -0.2) is 27.4 Å². The van der Waals surface area contributed by atoms with Gasteiger partial charge in [0, 0.05) is 22.1 Å². The summed E-state index contributed by atoms with van der Waals surface area (Å²) in [6.07, 6.45) is 5.52. The second kappa shape index (κ2) is 8.75. The predicted octanol–water partition coefficient (Wildman–Crippen LogP) is 4.23. The molecule has 150 valence electrons. The van der Waals surface area contributed by atoms with E-state index >= 15 is 0 Å². The molecule has 2 amide bonds. The van der Waals surface area contributed by atoms with Gasteiger partial charge in [0.15, 0.2) is 11.7 Å². The van der Waals surface area contributed by atoms with Crippen molar-refractivity contribution in [2.24, 2.45) is 0 Å². The number of carbonyl (C=O) groups is 2. The molecule has 7 nitrogen and oxygen atoms in total. The summed E-state index contributed by atoms with van der Waals surface area (Å²) in [5, 5.41) is 9.06.